The van der Waals surface area contributed by atoms with E-state index in [9.17, 15) is 0 Å². The summed E-state index contributed by atoms with van der Waals surface area (Å²) in [6.45, 7) is 6.93. The molecule has 0 amide bonds. The van der Waals surface area contributed by atoms with Crippen LogP contribution in [0.5, 0.6) is 5.75 Å². The average molecular weight is 424 g/mol. The highest BCUT2D eigenvalue weighted by Gasteiger charge is 2.14. The number of ether oxygens (including phenoxy) is 1. The van der Waals surface area contributed by atoms with E-state index >= 15 is 0 Å². The van der Waals surface area contributed by atoms with E-state index in [-0.39, 0.29) is 5.95 Å². The van der Waals surface area contributed by atoms with Gasteiger partial charge in [-0.2, -0.15) is 10.1 Å². The molecule has 166 valence electrons. The van der Waals surface area contributed by atoms with Crippen LogP contribution in [0.1, 0.15) is 50.2 Å². The molecule has 3 aromatic rings. The first-order valence-corrected chi connectivity index (χ1v) is 11.3. The molecule has 2 aromatic heterocycles. The average Bonchev–Trinajstić information content (AvgIpc) is 3.18. The molecule has 1 aliphatic heterocycles. The van der Waals surface area contributed by atoms with E-state index in [2.05, 4.69) is 45.3 Å². The van der Waals surface area contributed by atoms with Crippen molar-refractivity contribution in [1.82, 2.24) is 24.6 Å². The topological polar surface area (TPSA) is 94.1 Å². The lowest BCUT2D eigenvalue weighted by atomic mass is 10.1. The van der Waals surface area contributed by atoms with E-state index in [1.54, 1.807) is 7.11 Å². The van der Waals surface area contributed by atoms with Crippen molar-refractivity contribution >= 4 is 22.8 Å². The fraction of sp³-hybridized carbons (Fsp3) is 0.522. The van der Waals surface area contributed by atoms with Gasteiger partial charge in [0.15, 0.2) is 11.3 Å². The summed E-state index contributed by atoms with van der Waals surface area (Å²) in [6.07, 6.45) is 8.03. The number of hydrogen-bond acceptors (Lipinski definition) is 7. The van der Waals surface area contributed by atoms with Gasteiger partial charge in [-0.15, -0.1) is 0 Å². The number of piperidine rings is 1. The molecule has 3 heterocycles. The second kappa shape index (κ2) is 9.96. The SMILES string of the molecule is CCCCNc1nc(N)nc2cn(Cc3ccc(CN4CCCCC4)cc3OC)nc12. The third-order valence-electron chi connectivity index (χ3n) is 5.79. The number of unbranched alkanes of at least 4 members (excludes halogenated alkanes) is 1. The van der Waals surface area contributed by atoms with Crippen LogP contribution in [0.25, 0.3) is 11.0 Å². The number of benzene rings is 1. The molecule has 0 aliphatic carbocycles. The minimum absolute atomic E-state index is 0.255. The number of nitrogens with zero attached hydrogens (tertiary/aromatic N) is 5. The molecule has 0 radical (unpaired) electrons. The number of fused-ring (bicyclic) bond motifs is 1. The van der Waals surface area contributed by atoms with Gasteiger partial charge in [-0.25, -0.2) is 4.98 Å². The number of nitrogens with one attached hydrogen (secondary N) is 1. The molecule has 1 saturated heterocycles. The Morgan fingerprint density at radius 2 is 1.97 bits per heavy atom. The van der Waals surface area contributed by atoms with Crippen LogP contribution in [-0.4, -0.2) is 51.4 Å². The van der Waals surface area contributed by atoms with Gasteiger partial charge in [-0.05, 0) is 44.0 Å². The second-order valence-corrected chi connectivity index (χ2v) is 8.25. The fourth-order valence-corrected chi connectivity index (χ4v) is 4.13. The van der Waals surface area contributed by atoms with Crippen LogP contribution < -0.4 is 15.8 Å². The Labute approximate surface area is 183 Å². The number of nitrogen functional groups attached to an aromatic ring is 1. The van der Waals surface area contributed by atoms with Crippen LogP contribution in [0.3, 0.4) is 0 Å². The van der Waals surface area contributed by atoms with Crippen LogP contribution in [0.2, 0.25) is 0 Å². The number of anilines is 2. The highest BCUT2D eigenvalue weighted by Crippen LogP contribution is 2.25. The molecular weight excluding hydrogens is 390 g/mol. The Morgan fingerprint density at radius 3 is 2.74 bits per heavy atom. The van der Waals surface area contributed by atoms with Crippen LogP contribution in [0.4, 0.5) is 11.8 Å². The zero-order valence-electron chi connectivity index (χ0n) is 18.6. The molecule has 1 aromatic carbocycles. The lowest BCUT2D eigenvalue weighted by molar-refractivity contribution is 0.220. The molecule has 31 heavy (non-hydrogen) atoms. The maximum Gasteiger partial charge on any atom is 0.222 e. The summed E-state index contributed by atoms with van der Waals surface area (Å²) in [7, 11) is 1.73. The minimum atomic E-state index is 0.255. The molecule has 0 unspecified atom stereocenters. The largest absolute Gasteiger partial charge is 0.496 e. The monoisotopic (exact) mass is 423 g/mol. The van der Waals surface area contributed by atoms with Crippen molar-refractivity contribution in [3.63, 3.8) is 0 Å². The summed E-state index contributed by atoms with van der Waals surface area (Å²) in [4.78, 5) is 11.2. The molecule has 0 saturated carbocycles. The number of nitrogens with two attached hydrogens (primary N) is 1. The normalized spacial score (nSPS) is 14.8. The quantitative estimate of drug-likeness (QED) is 0.507. The maximum absolute atomic E-state index is 5.91. The Bertz CT molecular complexity index is 1010. The maximum atomic E-state index is 5.91. The molecule has 8 heteroatoms. The van der Waals surface area contributed by atoms with Gasteiger partial charge in [0.2, 0.25) is 5.95 Å². The van der Waals surface area contributed by atoms with Gasteiger partial charge in [0.05, 0.1) is 19.9 Å². The minimum Gasteiger partial charge on any atom is -0.496 e. The Morgan fingerprint density at radius 1 is 1.13 bits per heavy atom. The number of rotatable bonds is 9. The smallest absolute Gasteiger partial charge is 0.222 e. The Hall–Kier alpha value is -2.87. The van der Waals surface area contributed by atoms with Crippen molar-refractivity contribution in [1.29, 1.82) is 0 Å². The fourth-order valence-electron chi connectivity index (χ4n) is 4.13. The lowest BCUT2D eigenvalue weighted by Crippen LogP contribution is -2.29. The van der Waals surface area contributed by atoms with E-state index in [0.717, 1.165) is 48.3 Å². The zero-order chi connectivity index (χ0) is 21.6. The van der Waals surface area contributed by atoms with Crippen molar-refractivity contribution in [3.05, 3.63) is 35.5 Å². The second-order valence-electron chi connectivity index (χ2n) is 8.25. The first-order chi connectivity index (χ1) is 15.2. The van der Waals surface area contributed by atoms with E-state index < -0.39 is 0 Å². The Kier molecular flexibility index (Phi) is 6.86. The highest BCUT2D eigenvalue weighted by atomic mass is 16.5. The van der Waals surface area contributed by atoms with E-state index in [4.69, 9.17) is 15.6 Å². The number of aromatic nitrogens is 4. The summed E-state index contributed by atoms with van der Waals surface area (Å²) in [6, 6.07) is 6.50. The molecule has 3 N–H and O–H groups in total. The predicted molar refractivity (Wildman–Crippen MR) is 124 cm³/mol. The van der Waals surface area contributed by atoms with Crippen LogP contribution >= 0.6 is 0 Å². The molecule has 1 aliphatic rings. The third-order valence-corrected chi connectivity index (χ3v) is 5.79. The number of methoxy groups -OCH3 is 1. The van der Waals surface area contributed by atoms with Gasteiger partial charge < -0.3 is 15.8 Å². The van der Waals surface area contributed by atoms with Crippen LogP contribution in [0.15, 0.2) is 24.4 Å². The van der Waals surface area contributed by atoms with Gasteiger partial charge in [-0.1, -0.05) is 31.9 Å². The van der Waals surface area contributed by atoms with Gasteiger partial charge in [-0.3, -0.25) is 9.58 Å². The van der Waals surface area contributed by atoms with Crippen molar-refractivity contribution in [3.8, 4) is 5.75 Å². The predicted octanol–water partition coefficient (Wildman–Crippen LogP) is 3.66. The van der Waals surface area contributed by atoms with Gasteiger partial charge in [0, 0.05) is 18.7 Å². The van der Waals surface area contributed by atoms with Crippen molar-refractivity contribution in [2.24, 2.45) is 0 Å². The molecule has 1 fully saturated rings. The van der Waals surface area contributed by atoms with Crippen LogP contribution in [0, 0.1) is 0 Å². The third kappa shape index (κ3) is 5.25. The number of likely N-dealkylation sites (tertiary alicyclic amines) is 1. The van der Waals surface area contributed by atoms with Crippen molar-refractivity contribution in [2.45, 2.75) is 52.1 Å². The summed E-state index contributed by atoms with van der Waals surface area (Å²) < 4.78 is 7.59. The summed E-state index contributed by atoms with van der Waals surface area (Å²) in [5, 5.41) is 8.07. The first kappa shape index (κ1) is 21.4. The first-order valence-electron chi connectivity index (χ1n) is 11.3. The lowest BCUT2D eigenvalue weighted by Gasteiger charge is -2.26. The molecule has 4 rings (SSSR count). The van der Waals surface area contributed by atoms with E-state index in [0.29, 0.717) is 12.4 Å². The molecule has 0 atom stereocenters. The highest BCUT2D eigenvalue weighted by molar-refractivity contribution is 5.85. The molecule has 8 nitrogen and oxygen atoms in total. The van der Waals surface area contributed by atoms with Crippen molar-refractivity contribution in [2.75, 3.05) is 37.8 Å². The van der Waals surface area contributed by atoms with Gasteiger partial charge in [0.1, 0.15) is 11.3 Å². The summed E-state index contributed by atoms with van der Waals surface area (Å²) >= 11 is 0. The molecular formula is C23H33N7O. The molecule has 0 bridgehead atoms. The van der Waals surface area contributed by atoms with Gasteiger partial charge in [0.25, 0.3) is 0 Å². The molecule has 0 spiro atoms. The van der Waals surface area contributed by atoms with Crippen LogP contribution in [-0.2, 0) is 13.1 Å². The van der Waals surface area contributed by atoms with Crippen molar-refractivity contribution < 1.29 is 4.74 Å². The summed E-state index contributed by atoms with van der Waals surface area (Å²) in [5.74, 6) is 1.84. The van der Waals surface area contributed by atoms with Gasteiger partial charge >= 0.3 is 0 Å². The van der Waals surface area contributed by atoms with E-state index in [1.807, 2.05) is 10.9 Å². The van der Waals surface area contributed by atoms with E-state index in [1.165, 1.54) is 37.9 Å². The zero-order valence-corrected chi connectivity index (χ0v) is 18.6. The standard InChI is InChI=1S/C23H33N7O/c1-3-4-10-25-22-21-19(26-23(24)27-22)16-30(28-21)15-18-9-8-17(13-20(18)31-2)14-29-11-6-5-7-12-29/h8-9,13,16H,3-7,10-12,14-15H2,1-2H3,(H3,24,25,26,27). The number of hydrogen-bond donors (Lipinski definition) is 2. The Balaban J connectivity index is 1.53. The summed E-state index contributed by atoms with van der Waals surface area (Å²) in [5.41, 5.74) is 9.76.